The highest BCUT2D eigenvalue weighted by atomic mass is 16.6. The van der Waals surface area contributed by atoms with Gasteiger partial charge in [-0.05, 0) is 46.5 Å². The van der Waals surface area contributed by atoms with Crippen molar-refractivity contribution in [1.29, 1.82) is 0 Å². The average Bonchev–Trinajstić information content (AvgIpc) is 2.53. The van der Waals surface area contributed by atoms with E-state index in [-0.39, 0.29) is 12.1 Å². The van der Waals surface area contributed by atoms with Crippen LogP contribution in [0.4, 0.5) is 4.79 Å². The van der Waals surface area contributed by atoms with E-state index in [0.29, 0.717) is 18.5 Å². The maximum Gasteiger partial charge on any atom is 0.407 e. The molecule has 1 fully saturated rings. The van der Waals surface area contributed by atoms with Gasteiger partial charge in [-0.1, -0.05) is 12.8 Å². The van der Waals surface area contributed by atoms with Crippen LogP contribution in [0.1, 0.15) is 65.1 Å². The van der Waals surface area contributed by atoms with Crippen molar-refractivity contribution in [2.45, 2.75) is 71.1 Å². The number of nitrogens with zero attached hydrogens (tertiary/aromatic N) is 2. The summed E-state index contributed by atoms with van der Waals surface area (Å²) in [6, 6.07) is 0.511. The predicted molar refractivity (Wildman–Crippen MR) is 93.6 cm³/mol. The van der Waals surface area contributed by atoms with Crippen LogP contribution in [0.15, 0.2) is 18.6 Å². The molecule has 0 bridgehead atoms. The smallest absolute Gasteiger partial charge is 0.407 e. The van der Waals surface area contributed by atoms with Crippen LogP contribution in [0.25, 0.3) is 0 Å². The fourth-order valence-corrected chi connectivity index (χ4v) is 3.14. The molecular weight excluding hydrogens is 304 g/mol. The lowest BCUT2D eigenvalue weighted by Gasteiger charge is -2.34. The molecule has 3 atom stereocenters. The van der Waals surface area contributed by atoms with Gasteiger partial charge in [0, 0.05) is 37.2 Å². The zero-order chi connectivity index (χ0) is 17.6. The van der Waals surface area contributed by atoms with Crippen LogP contribution in [0.2, 0.25) is 0 Å². The van der Waals surface area contributed by atoms with Crippen molar-refractivity contribution in [3.05, 3.63) is 24.3 Å². The van der Waals surface area contributed by atoms with Crippen LogP contribution in [0.3, 0.4) is 0 Å². The molecule has 24 heavy (non-hydrogen) atoms. The van der Waals surface area contributed by atoms with Gasteiger partial charge in [-0.2, -0.15) is 0 Å². The SMILES string of the molecule is C[C@H](N[C@H]1CCCC[C@@H]1CNC(=O)OC(C)(C)C)c1cnccn1. The van der Waals surface area contributed by atoms with Gasteiger partial charge in [-0.15, -0.1) is 0 Å². The van der Waals surface area contributed by atoms with Crippen LogP contribution in [-0.2, 0) is 4.74 Å². The minimum Gasteiger partial charge on any atom is -0.444 e. The molecule has 0 radical (unpaired) electrons. The first-order valence-corrected chi connectivity index (χ1v) is 8.84. The van der Waals surface area contributed by atoms with E-state index in [1.807, 2.05) is 20.8 Å². The minimum absolute atomic E-state index is 0.144. The number of ether oxygens (including phenoxy) is 1. The van der Waals surface area contributed by atoms with E-state index in [0.717, 1.165) is 18.5 Å². The highest BCUT2D eigenvalue weighted by Gasteiger charge is 2.27. The van der Waals surface area contributed by atoms with Crippen molar-refractivity contribution in [3.8, 4) is 0 Å². The zero-order valence-corrected chi connectivity index (χ0v) is 15.2. The number of hydrogen-bond donors (Lipinski definition) is 2. The standard InChI is InChI=1S/C18H30N4O2/c1-13(16-12-19-9-10-20-16)22-15-8-6-5-7-14(15)11-21-17(23)24-18(2,3)4/h9-10,12-15,22H,5-8,11H2,1-4H3,(H,21,23)/t13-,14+,15-/m0/s1. The van der Waals surface area contributed by atoms with Crippen LogP contribution in [0.5, 0.6) is 0 Å². The summed E-state index contributed by atoms with van der Waals surface area (Å²) in [6.45, 7) is 8.37. The molecule has 0 saturated heterocycles. The number of carbonyl (C=O) groups excluding carboxylic acids is 1. The van der Waals surface area contributed by atoms with Crippen LogP contribution >= 0.6 is 0 Å². The van der Waals surface area contributed by atoms with Gasteiger partial charge in [-0.25, -0.2) is 4.79 Å². The van der Waals surface area contributed by atoms with Crippen LogP contribution in [0, 0.1) is 5.92 Å². The molecule has 1 amide bonds. The maximum atomic E-state index is 11.9. The van der Waals surface area contributed by atoms with Crippen molar-refractivity contribution in [1.82, 2.24) is 20.6 Å². The summed E-state index contributed by atoms with van der Waals surface area (Å²) in [5.74, 6) is 0.408. The molecule has 0 aliphatic heterocycles. The Labute approximate surface area is 144 Å². The lowest BCUT2D eigenvalue weighted by atomic mass is 9.84. The van der Waals surface area contributed by atoms with E-state index in [1.54, 1.807) is 18.6 Å². The minimum atomic E-state index is -0.463. The highest BCUT2D eigenvalue weighted by molar-refractivity contribution is 5.67. The number of nitrogens with one attached hydrogen (secondary N) is 2. The Bertz CT molecular complexity index is 516. The Kier molecular flexibility index (Phi) is 6.54. The number of aromatic nitrogens is 2. The van der Waals surface area contributed by atoms with Crippen LogP contribution < -0.4 is 10.6 Å². The second-order valence-corrected chi connectivity index (χ2v) is 7.55. The van der Waals surface area contributed by atoms with Gasteiger partial charge < -0.3 is 15.4 Å². The molecule has 1 aromatic rings. The predicted octanol–water partition coefficient (Wildman–Crippen LogP) is 3.21. The van der Waals surface area contributed by atoms with E-state index in [9.17, 15) is 4.79 Å². The summed E-state index contributed by atoms with van der Waals surface area (Å²) in [7, 11) is 0. The first-order valence-electron chi connectivity index (χ1n) is 8.84. The van der Waals surface area contributed by atoms with E-state index in [2.05, 4.69) is 27.5 Å². The molecule has 1 aliphatic carbocycles. The summed E-state index contributed by atoms with van der Waals surface area (Å²) >= 11 is 0. The third-order valence-electron chi connectivity index (χ3n) is 4.31. The van der Waals surface area contributed by atoms with Crippen molar-refractivity contribution >= 4 is 6.09 Å². The molecule has 1 heterocycles. The first-order chi connectivity index (χ1) is 11.3. The topological polar surface area (TPSA) is 76.1 Å². The molecule has 0 unspecified atom stereocenters. The lowest BCUT2D eigenvalue weighted by Crippen LogP contribution is -2.45. The molecule has 6 heteroatoms. The molecule has 134 valence electrons. The van der Waals surface area contributed by atoms with Crippen LogP contribution in [-0.4, -0.2) is 34.2 Å². The van der Waals surface area contributed by atoms with Gasteiger partial charge in [-0.3, -0.25) is 9.97 Å². The number of alkyl carbamates (subject to hydrolysis) is 1. The molecule has 0 aromatic carbocycles. The molecule has 2 N–H and O–H groups in total. The van der Waals surface area contributed by atoms with Gasteiger partial charge in [0.15, 0.2) is 0 Å². The molecule has 0 spiro atoms. The third kappa shape index (κ3) is 6.07. The maximum absolute atomic E-state index is 11.9. The molecule has 1 saturated carbocycles. The van der Waals surface area contributed by atoms with E-state index >= 15 is 0 Å². The number of carbonyl (C=O) groups is 1. The Hall–Kier alpha value is -1.69. The highest BCUT2D eigenvalue weighted by Crippen LogP contribution is 2.26. The van der Waals surface area contributed by atoms with Gasteiger partial charge >= 0.3 is 6.09 Å². The zero-order valence-electron chi connectivity index (χ0n) is 15.2. The summed E-state index contributed by atoms with van der Waals surface area (Å²) in [5, 5.41) is 6.59. The van der Waals surface area contributed by atoms with Crippen molar-refractivity contribution in [2.24, 2.45) is 5.92 Å². The monoisotopic (exact) mass is 334 g/mol. The quantitative estimate of drug-likeness (QED) is 0.865. The number of hydrogen-bond acceptors (Lipinski definition) is 5. The number of rotatable bonds is 5. The summed E-state index contributed by atoms with van der Waals surface area (Å²) in [4.78, 5) is 20.4. The fourth-order valence-electron chi connectivity index (χ4n) is 3.14. The van der Waals surface area contributed by atoms with Crippen molar-refractivity contribution in [3.63, 3.8) is 0 Å². The second-order valence-electron chi connectivity index (χ2n) is 7.55. The van der Waals surface area contributed by atoms with Gasteiger partial charge in [0.05, 0.1) is 5.69 Å². The Morgan fingerprint density at radius 1 is 1.33 bits per heavy atom. The van der Waals surface area contributed by atoms with Gasteiger partial charge in [0.1, 0.15) is 5.60 Å². The largest absolute Gasteiger partial charge is 0.444 e. The third-order valence-corrected chi connectivity index (χ3v) is 4.31. The molecule has 2 rings (SSSR count). The van der Waals surface area contributed by atoms with E-state index < -0.39 is 5.60 Å². The normalized spacial score (nSPS) is 22.7. The van der Waals surface area contributed by atoms with E-state index in [4.69, 9.17) is 4.74 Å². The summed E-state index contributed by atoms with van der Waals surface area (Å²) in [6.07, 6.45) is 9.51. The molecule has 1 aromatic heterocycles. The van der Waals surface area contributed by atoms with Gasteiger partial charge in [0.25, 0.3) is 0 Å². The van der Waals surface area contributed by atoms with Gasteiger partial charge in [0.2, 0.25) is 0 Å². The lowest BCUT2D eigenvalue weighted by molar-refractivity contribution is 0.0510. The molecule has 6 nitrogen and oxygen atoms in total. The average molecular weight is 334 g/mol. The second kappa shape index (κ2) is 8.42. The number of amides is 1. The van der Waals surface area contributed by atoms with E-state index in [1.165, 1.54) is 12.8 Å². The first kappa shape index (κ1) is 18.6. The molecule has 1 aliphatic rings. The summed E-state index contributed by atoms with van der Waals surface area (Å²) in [5.41, 5.74) is 0.483. The summed E-state index contributed by atoms with van der Waals surface area (Å²) < 4.78 is 5.33. The van der Waals surface area contributed by atoms with Crippen molar-refractivity contribution < 1.29 is 9.53 Å². The van der Waals surface area contributed by atoms with Crippen molar-refractivity contribution in [2.75, 3.05) is 6.54 Å². The fraction of sp³-hybridized carbons (Fsp3) is 0.722. The Morgan fingerprint density at radius 2 is 2.08 bits per heavy atom. The Morgan fingerprint density at radius 3 is 2.75 bits per heavy atom. The Balaban J connectivity index is 1.87. The molecular formula is C18H30N4O2.